The average molecular weight is 239 g/mol. The molecule has 0 aromatic carbocycles. The van der Waals surface area contributed by atoms with Crippen LogP contribution in [-0.4, -0.2) is 11.0 Å². The lowest BCUT2D eigenvalue weighted by Crippen LogP contribution is -2.25. The monoisotopic (exact) mass is 238 g/mol. The quantitative estimate of drug-likeness (QED) is 0.728. The fraction of sp³-hybridized carbons (Fsp3) is 0.250. The Balaban J connectivity index is 3.25. The highest BCUT2D eigenvalue weighted by Gasteiger charge is 2.32. The number of alkyl halides is 4. The Bertz CT molecular complexity index is 392. The number of carboxylic acid groups (broad SMARTS) is 1. The Kier molecular flexibility index (Phi) is 3.18. The van der Waals surface area contributed by atoms with Crippen LogP contribution < -0.4 is 5.11 Å². The Morgan fingerprint density at radius 2 is 2.07 bits per heavy atom. The van der Waals surface area contributed by atoms with Crippen molar-refractivity contribution in [2.75, 3.05) is 0 Å². The van der Waals surface area contributed by atoms with Crippen LogP contribution in [0, 0.1) is 0 Å². The predicted molar refractivity (Wildman–Crippen MR) is 43.1 cm³/mol. The van der Waals surface area contributed by atoms with Crippen molar-refractivity contribution in [3.63, 3.8) is 0 Å². The van der Waals surface area contributed by atoms with E-state index in [0.717, 1.165) is 6.07 Å². The molecule has 1 aromatic heterocycles. The van der Waals surface area contributed by atoms with Crippen LogP contribution in [0.15, 0.2) is 12.1 Å². The van der Waals surface area contributed by atoms with Crippen molar-refractivity contribution in [3.05, 3.63) is 29.1 Å². The van der Waals surface area contributed by atoms with E-state index in [9.17, 15) is 23.1 Å². The fourth-order valence-electron chi connectivity index (χ4n) is 0.947. The van der Waals surface area contributed by atoms with Crippen molar-refractivity contribution in [2.45, 2.75) is 12.1 Å². The number of aromatic nitrogens is 1. The number of nitrogens with zero attached hydrogens (tertiary/aromatic N) is 1. The van der Waals surface area contributed by atoms with Crippen LogP contribution in [0.3, 0.4) is 0 Å². The second kappa shape index (κ2) is 4.06. The number of carbonyl (C=O) groups is 1. The Labute approximate surface area is 87.5 Å². The molecule has 15 heavy (non-hydrogen) atoms. The molecular weight excluding hydrogens is 235 g/mol. The largest absolute Gasteiger partial charge is 0.545 e. The summed E-state index contributed by atoms with van der Waals surface area (Å²) in [5, 5.41) is 10.5. The lowest BCUT2D eigenvalue weighted by Gasteiger charge is -2.11. The number of hydrogen-bond donors (Lipinski definition) is 0. The molecule has 0 radical (unpaired) electrons. The standard InChI is InChI=1S/C8H5ClF3NO2/c9-3-5-4(7(14)15)1-2-6(13-5)8(10,11)12/h1-2H,3H2,(H,14,15)/p-1. The summed E-state index contributed by atoms with van der Waals surface area (Å²) in [4.78, 5) is 13.6. The number of carboxylic acids is 1. The molecule has 0 aliphatic heterocycles. The van der Waals surface area contributed by atoms with Gasteiger partial charge in [-0.2, -0.15) is 13.2 Å². The Hall–Kier alpha value is -1.30. The molecule has 0 fully saturated rings. The van der Waals surface area contributed by atoms with Gasteiger partial charge in [0, 0.05) is 5.56 Å². The van der Waals surface area contributed by atoms with Crippen molar-refractivity contribution in [1.29, 1.82) is 0 Å². The minimum absolute atomic E-state index is 0.355. The normalized spacial score (nSPS) is 11.5. The topological polar surface area (TPSA) is 53.0 Å². The average Bonchev–Trinajstić information content (AvgIpc) is 2.15. The van der Waals surface area contributed by atoms with Crippen LogP contribution >= 0.6 is 11.6 Å². The van der Waals surface area contributed by atoms with E-state index in [-0.39, 0.29) is 5.69 Å². The van der Waals surface area contributed by atoms with Gasteiger partial charge in [-0.25, -0.2) is 4.98 Å². The van der Waals surface area contributed by atoms with Crippen LogP contribution in [0.4, 0.5) is 13.2 Å². The van der Waals surface area contributed by atoms with Crippen LogP contribution in [0.25, 0.3) is 0 Å². The van der Waals surface area contributed by atoms with E-state index in [1.165, 1.54) is 0 Å². The second-order valence-electron chi connectivity index (χ2n) is 2.61. The molecule has 0 aliphatic carbocycles. The third kappa shape index (κ3) is 2.59. The van der Waals surface area contributed by atoms with Crippen LogP contribution in [-0.2, 0) is 12.1 Å². The van der Waals surface area contributed by atoms with E-state index >= 15 is 0 Å². The molecule has 0 atom stereocenters. The van der Waals surface area contributed by atoms with Crippen molar-refractivity contribution in [2.24, 2.45) is 0 Å². The Morgan fingerprint density at radius 1 is 1.47 bits per heavy atom. The number of hydrogen-bond acceptors (Lipinski definition) is 3. The van der Waals surface area contributed by atoms with Gasteiger partial charge in [0.25, 0.3) is 0 Å². The molecule has 0 amide bonds. The molecule has 82 valence electrons. The summed E-state index contributed by atoms with van der Waals surface area (Å²) in [6.07, 6.45) is -4.62. The minimum Gasteiger partial charge on any atom is -0.545 e. The highest BCUT2D eigenvalue weighted by molar-refractivity contribution is 6.17. The van der Waals surface area contributed by atoms with E-state index in [1.807, 2.05) is 0 Å². The minimum atomic E-state index is -4.62. The number of carbonyl (C=O) groups excluding carboxylic acids is 1. The predicted octanol–water partition coefficient (Wildman–Crippen LogP) is 1.20. The maximum absolute atomic E-state index is 12.2. The summed E-state index contributed by atoms with van der Waals surface area (Å²) in [6, 6.07) is 1.35. The first-order valence-corrected chi connectivity index (χ1v) is 4.24. The smallest absolute Gasteiger partial charge is 0.433 e. The summed E-state index contributed by atoms with van der Waals surface area (Å²) in [5.74, 6) is -2.03. The van der Waals surface area contributed by atoms with Crippen molar-refractivity contribution < 1.29 is 23.1 Å². The van der Waals surface area contributed by atoms with Crippen molar-refractivity contribution in [1.82, 2.24) is 4.98 Å². The molecule has 0 N–H and O–H groups in total. The van der Waals surface area contributed by atoms with Gasteiger partial charge in [-0.3, -0.25) is 0 Å². The van der Waals surface area contributed by atoms with Gasteiger partial charge in [0.15, 0.2) is 0 Å². The number of halogens is 4. The number of pyridine rings is 1. The van der Waals surface area contributed by atoms with Gasteiger partial charge in [-0.05, 0) is 12.1 Å². The Morgan fingerprint density at radius 3 is 2.47 bits per heavy atom. The molecule has 1 rings (SSSR count). The summed E-state index contributed by atoms with van der Waals surface area (Å²) >= 11 is 5.28. The van der Waals surface area contributed by atoms with Gasteiger partial charge in [-0.15, -0.1) is 11.6 Å². The molecule has 0 saturated heterocycles. The first-order valence-electron chi connectivity index (χ1n) is 3.70. The van der Waals surface area contributed by atoms with E-state index in [0.29, 0.717) is 6.07 Å². The van der Waals surface area contributed by atoms with Gasteiger partial charge in [0.2, 0.25) is 0 Å². The summed E-state index contributed by atoms with van der Waals surface area (Å²) in [7, 11) is 0. The molecule has 0 bridgehead atoms. The van der Waals surface area contributed by atoms with Gasteiger partial charge < -0.3 is 9.90 Å². The third-order valence-electron chi connectivity index (χ3n) is 1.61. The first-order chi connectivity index (χ1) is 6.86. The van der Waals surface area contributed by atoms with Crippen LogP contribution in [0.1, 0.15) is 21.7 Å². The van der Waals surface area contributed by atoms with E-state index in [2.05, 4.69) is 4.98 Å². The lowest BCUT2D eigenvalue weighted by atomic mass is 10.2. The number of aromatic carboxylic acids is 1. The van der Waals surface area contributed by atoms with E-state index in [4.69, 9.17) is 11.6 Å². The maximum atomic E-state index is 12.2. The second-order valence-corrected chi connectivity index (χ2v) is 2.88. The third-order valence-corrected chi connectivity index (χ3v) is 1.86. The molecule has 0 aliphatic rings. The molecule has 3 nitrogen and oxygen atoms in total. The van der Waals surface area contributed by atoms with Gasteiger partial charge >= 0.3 is 6.18 Å². The van der Waals surface area contributed by atoms with Crippen molar-refractivity contribution >= 4 is 17.6 Å². The van der Waals surface area contributed by atoms with Crippen LogP contribution in [0.2, 0.25) is 0 Å². The molecule has 7 heteroatoms. The molecule has 0 saturated carbocycles. The first kappa shape index (κ1) is 11.8. The summed E-state index contributed by atoms with van der Waals surface area (Å²) in [6.45, 7) is 0. The SMILES string of the molecule is O=C([O-])c1ccc(C(F)(F)F)nc1CCl. The van der Waals surface area contributed by atoms with Crippen LogP contribution in [0.5, 0.6) is 0 Å². The molecule has 1 aromatic rings. The van der Waals surface area contributed by atoms with E-state index in [1.54, 1.807) is 0 Å². The van der Waals surface area contributed by atoms with Crippen molar-refractivity contribution in [3.8, 4) is 0 Å². The lowest BCUT2D eigenvalue weighted by molar-refractivity contribution is -0.255. The van der Waals surface area contributed by atoms with Gasteiger partial charge in [0.1, 0.15) is 5.69 Å². The zero-order chi connectivity index (χ0) is 11.6. The molecular formula is C8H4ClF3NO2-. The zero-order valence-electron chi connectivity index (χ0n) is 7.14. The zero-order valence-corrected chi connectivity index (χ0v) is 7.89. The molecule has 1 heterocycles. The van der Waals surface area contributed by atoms with Gasteiger partial charge in [-0.1, -0.05) is 0 Å². The molecule has 0 unspecified atom stereocenters. The highest BCUT2D eigenvalue weighted by atomic mass is 35.5. The fourth-order valence-corrected chi connectivity index (χ4v) is 1.15. The maximum Gasteiger partial charge on any atom is 0.433 e. The van der Waals surface area contributed by atoms with E-state index < -0.39 is 29.3 Å². The highest BCUT2D eigenvalue weighted by Crippen LogP contribution is 2.28. The number of rotatable bonds is 2. The van der Waals surface area contributed by atoms with Gasteiger partial charge in [0.05, 0.1) is 17.5 Å². The summed E-state index contributed by atoms with van der Waals surface area (Å²) in [5.41, 5.74) is -1.97. The molecule has 0 spiro atoms. The summed E-state index contributed by atoms with van der Waals surface area (Å²) < 4.78 is 36.5.